The van der Waals surface area contributed by atoms with E-state index in [1.54, 1.807) is 64.1 Å². The number of ether oxygens (including phenoxy) is 6. The zero-order valence-electron chi connectivity index (χ0n) is 47.2. The van der Waals surface area contributed by atoms with E-state index in [4.69, 9.17) is 28.4 Å². The molecule has 18 nitrogen and oxygen atoms in total. The first-order valence-electron chi connectivity index (χ1n) is 26.7. The van der Waals surface area contributed by atoms with Crippen LogP contribution in [-0.2, 0) is 48.8 Å². The Morgan fingerprint density at radius 3 is 2.20 bits per heavy atom. The summed E-state index contributed by atoms with van der Waals surface area (Å²) in [6.45, 7) is 18.6. The van der Waals surface area contributed by atoms with Crippen molar-refractivity contribution >= 4 is 15.8 Å². The molecule has 5 N–H and O–H groups in total. The molecule has 426 valence electrons. The molecule has 19 atom stereocenters. The number of carbonyl (C=O) groups is 1. The summed E-state index contributed by atoms with van der Waals surface area (Å²) in [4.78, 5) is 18.9. The first-order chi connectivity index (χ1) is 34.4. The van der Waals surface area contributed by atoms with Gasteiger partial charge in [0.1, 0.15) is 42.7 Å². The Bertz CT molecular complexity index is 2110. The van der Waals surface area contributed by atoms with Crippen LogP contribution in [0.1, 0.15) is 125 Å². The predicted molar refractivity (Wildman–Crippen MR) is 280 cm³/mol. The van der Waals surface area contributed by atoms with Crippen molar-refractivity contribution in [2.75, 3.05) is 61.4 Å². The number of likely N-dealkylation sites (N-methyl/N-ethyl adjacent to an activating group) is 1. The molecule has 0 spiro atoms. The fraction of sp³-hybridized carbons (Fsp3) is 0.833. The summed E-state index contributed by atoms with van der Waals surface area (Å²) in [5.74, 6) is -2.98. The van der Waals surface area contributed by atoms with E-state index in [-0.39, 0.29) is 43.1 Å². The molecule has 0 bridgehead atoms. The zero-order chi connectivity index (χ0) is 55.4. The molecule has 3 fully saturated rings. The first-order valence-corrected chi connectivity index (χ1v) is 28.7. The van der Waals surface area contributed by atoms with E-state index >= 15 is 0 Å². The van der Waals surface area contributed by atoms with E-state index in [9.17, 15) is 38.0 Å². The highest BCUT2D eigenvalue weighted by atomic mass is 32.2. The molecular formula is C54H94FN5O13S. The Morgan fingerprint density at radius 1 is 0.973 bits per heavy atom. The monoisotopic (exact) mass is 1070 g/mol. The fourth-order valence-corrected chi connectivity index (χ4v) is 13.3. The number of methoxy groups -OCH3 is 2. The summed E-state index contributed by atoms with van der Waals surface area (Å²) in [6.07, 6.45) is -1.62. The fourth-order valence-electron chi connectivity index (χ4n) is 12.5. The summed E-state index contributed by atoms with van der Waals surface area (Å²) >= 11 is 0. The van der Waals surface area contributed by atoms with Gasteiger partial charge in [-0.05, 0) is 97.9 Å². The highest BCUT2D eigenvalue weighted by Crippen LogP contribution is 2.45. The van der Waals surface area contributed by atoms with Crippen LogP contribution in [-0.4, -0.2) is 200 Å². The molecule has 0 saturated carbocycles. The maximum absolute atomic E-state index is 15.0. The number of nitrogens with zero attached hydrogens (tertiary/aromatic N) is 4. The first kappa shape index (κ1) is 62.3. The van der Waals surface area contributed by atoms with Gasteiger partial charge in [0.05, 0.1) is 47.3 Å². The van der Waals surface area contributed by atoms with Crippen LogP contribution < -0.4 is 5.53 Å². The summed E-state index contributed by atoms with van der Waals surface area (Å²) in [5.41, 5.74) is 1.20. The molecule has 4 aliphatic rings. The van der Waals surface area contributed by atoms with Gasteiger partial charge in [-0.2, -0.15) is 0 Å². The van der Waals surface area contributed by atoms with Crippen molar-refractivity contribution in [2.45, 2.75) is 204 Å². The number of halogens is 1. The van der Waals surface area contributed by atoms with Crippen LogP contribution in [0.4, 0.5) is 4.39 Å². The molecule has 1 aromatic carbocycles. The third-order valence-electron chi connectivity index (χ3n) is 16.9. The number of hydrazine groups is 2. The molecule has 1 unspecified atom stereocenters. The lowest BCUT2D eigenvalue weighted by Crippen LogP contribution is -2.61. The van der Waals surface area contributed by atoms with Gasteiger partial charge in [-0.3, -0.25) is 14.8 Å². The van der Waals surface area contributed by atoms with Gasteiger partial charge in [-0.15, -0.1) is 5.53 Å². The van der Waals surface area contributed by atoms with Gasteiger partial charge in [0, 0.05) is 89.8 Å². The Hall–Kier alpha value is -2.57. The minimum absolute atomic E-state index is 0.000135. The van der Waals surface area contributed by atoms with Crippen LogP contribution >= 0.6 is 0 Å². The molecule has 5 rings (SSSR count). The second-order valence-corrected chi connectivity index (χ2v) is 25.4. The number of aliphatic hydroxyl groups is 4. The topological polar surface area (TPSA) is 212 Å². The lowest BCUT2D eigenvalue weighted by atomic mass is 9.68. The summed E-state index contributed by atoms with van der Waals surface area (Å²) in [5, 5.41) is 51.5. The van der Waals surface area contributed by atoms with E-state index in [0.29, 0.717) is 43.5 Å². The highest BCUT2D eigenvalue weighted by Gasteiger charge is 2.54. The molecule has 74 heavy (non-hydrogen) atoms. The van der Waals surface area contributed by atoms with Crippen LogP contribution in [0.5, 0.6) is 0 Å². The Kier molecular flexibility index (Phi) is 21.4. The smallest absolute Gasteiger partial charge is 0.309 e. The molecule has 4 heterocycles. The number of cyclic esters (lactones) is 1. The molecule has 0 aromatic heterocycles. The average molecular weight is 1070 g/mol. The second-order valence-electron chi connectivity index (χ2n) is 23.3. The van der Waals surface area contributed by atoms with Crippen LogP contribution in [0.3, 0.4) is 0 Å². The van der Waals surface area contributed by atoms with Gasteiger partial charge < -0.3 is 58.6 Å². The van der Waals surface area contributed by atoms with E-state index in [1.165, 1.54) is 20.3 Å². The number of rotatable bonds is 16. The number of carbonyl (C=O) groups excluding carboxylic acids is 1. The summed E-state index contributed by atoms with van der Waals surface area (Å²) in [6, 6.07) is 5.74. The largest absolute Gasteiger partial charge is 0.459 e. The van der Waals surface area contributed by atoms with Crippen LogP contribution in [0.2, 0.25) is 0 Å². The number of esters is 1. The van der Waals surface area contributed by atoms with Crippen molar-refractivity contribution in [3.63, 3.8) is 0 Å². The zero-order valence-corrected chi connectivity index (χ0v) is 48.1. The Labute approximate surface area is 442 Å². The molecule has 20 heteroatoms. The number of nitrogens with one attached hydrogen (secondary N) is 1. The number of hydrogen-bond acceptors (Lipinski definition) is 18. The van der Waals surface area contributed by atoms with Crippen molar-refractivity contribution in [2.24, 2.45) is 23.7 Å². The SMILES string of the molecule is CC[C@H]1OC(=O)[C@H](C)[C@@H](C2C[C@@](C)(OC)[C@@H](O)[C@H](C)O2)[C@H](C)[C@@H](O[C@H]2C[C@@H](N(C)CCC3=CN([C@H](CF)[C@H](OC)c4ccc(CS(C)(=O)=O)cc4)NN3C)C[C@@H](C)O2)[C@](C)(O)C[C@@H](C)CN(C)[C@H](C)[C@@H](O)[C@]1(C)O. The highest BCUT2D eigenvalue weighted by molar-refractivity contribution is 7.89. The van der Waals surface area contributed by atoms with Crippen molar-refractivity contribution < 1.29 is 66.5 Å². The van der Waals surface area contributed by atoms with Gasteiger partial charge in [-0.25, -0.2) is 12.8 Å². The van der Waals surface area contributed by atoms with E-state index < -0.39 is 118 Å². The third-order valence-corrected chi connectivity index (χ3v) is 17.8. The standard InChI is InChI=1S/C54H94FN5O13S/c1-17-44-54(10,65)48(61)36(6)58(12)29-32(2)26-52(8,64)50(34(4)46(35(5)51(63)72-44)43-27-53(9,69-15)49(62)37(7)71-43)73-45-25-41(24-33(3)70-45)57(11)23-22-40-30-60(56-59(40)13)42(28-55)47(68-14)39-20-18-38(19-21-39)31-74(16,66)67/h18-21,30,32-37,41-50,56,61-62,64-65H,17,22-29,31H2,1-16H3/t32-,33-,34+,35-,36-,37+,41+,42-,43?,44-,45+,46+,47-,48-,49+,50-,52-,53-,54-/m1/s1. The molecule has 0 amide bonds. The number of sulfone groups is 1. The minimum atomic E-state index is -3.22. The van der Waals surface area contributed by atoms with Crippen LogP contribution in [0, 0.1) is 23.7 Å². The Morgan fingerprint density at radius 2 is 1.62 bits per heavy atom. The summed E-state index contributed by atoms with van der Waals surface area (Å²) in [7, 11) is 5.66. The number of benzene rings is 1. The van der Waals surface area contributed by atoms with Crippen molar-refractivity contribution in [1.29, 1.82) is 0 Å². The van der Waals surface area contributed by atoms with Gasteiger partial charge in [0.25, 0.3) is 0 Å². The lowest BCUT2D eigenvalue weighted by molar-refractivity contribution is -0.275. The third kappa shape index (κ3) is 14.8. The van der Waals surface area contributed by atoms with E-state index in [1.807, 2.05) is 64.8 Å². The van der Waals surface area contributed by atoms with Gasteiger partial charge in [0.15, 0.2) is 16.1 Å². The van der Waals surface area contributed by atoms with Crippen LogP contribution in [0.15, 0.2) is 36.2 Å². The Balaban J connectivity index is 1.42. The maximum Gasteiger partial charge on any atom is 0.309 e. The molecule has 4 aliphatic heterocycles. The van der Waals surface area contributed by atoms with E-state index in [2.05, 4.69) is 17.5 Å². The molecule has 0 radical (unpaired) electrons. The predicted octanol–water partition coefficient (Wildman–Crippen LogP) is 4.74. The van der Waals surface area contributed by atoms with Gasteiger partial charge in [-0.1, -0.05) is 52.0 Å². The number of hydrogen-bond donors (Lipinski definition) is 5. The quantitative estimate of drug-likeness (QED) is 0.142. The van der Waals surface area contributed by atoms with Crippen LogP contribution in [0.25, 0.3) is 0 Å². The van der Waals surface area contributed by atoms with E-state index in [0.717, 1.165) is 5.70 Å². The normalized spacial score (nSPS) is 39.5. The van der Waals surface area contributed by atoms with Gasteiger partial charge >= 0.3 is 5.97 Å². The average Bonchev–Trinajstić information content (AvgIpc) is 3.69. The van der Waals surface area contributed by atoms with Crippen molar-refractivity contribution in [3.05, 3.63) is 47.3 Å². The lowest BCUT2D eigenvalue weighted by Gasteiger charge is -2.51. The minimum Gasteiger partial charge on any atom is -0.459 e. The summed E-state index contributed by atoms with van der Waals surface area (Å²) < 4.78 is 77.1. The van der Waals surface area contributed by atoms with Crippen molar-refractivity contribution in [1.82, 2.24) is 25.4 Å². The number of aliphatic hydroxyl groups excluding tert-OH is 2. The maximum atomic E-state index is 15.0. The molecule has 1 aromatic rings. The number of alkyl halides is 1. The second kappa shape index (κ2) is 25.5. The van der Waals surface area contributed by atoms with Gasteiger partial charge in [0.2, 0.25) is 0 Å². The molecule has 3 saturated heterocycles. The van der Waals surface area contributed by atoms with Crippen molar-refractivity contribution in [3.8, 4) is 0 Å². The molecule has 0 aliphatic carbocycles. The molecular weight excluding hydrogens is 978 g/mol.